The highest BCUT2D eigenvalue weighted by Crippen LogP contribution is 2.31. The number of aromatic nitrogens is 2. The van der Waals surface area contributed by atoms with Gasteiger partial charge in [0.1, 0.15) is 0 Å². The lowest BCUT2D eigenvalue weighted by Crippen LogP contribution is -2.03. The molecule has 0 fully saturated rings. The summed E-state index contributed by atoms with van der Waals surface area (Å²) < 4.78 is 16.2. The van der Waals surface area contributed by atoms with Crippen molar-refractivity contribution in [3.63, 3.8) is 0 Å². The van der Waals surface area contributed by atoms with Gasteiger partial charge in [-0.15, -0.1) is 0 Å². The number of benzene rings is 1. The summed E-state index contributed by atoms with van der Waals surface area (Å²) in [7, 11) is 0. The van der Waals surface area contributed by atoms with Gasteiger partial charge in [0.25, 0.3) is 5.89 Å². The molecule has 0 saturated heterocycles. The molecular weight excluding hydrogens is 272 g/mol. The first-order valence-corrected chi connectivity index (χ1v) is 6.82. The van der Waals surface area contributed by atoms with Crippen LogP contribution in [0.3, 0.4) is 0 Å². The van der Waals surface area contributed by atoms with Gasteiger partial charge in [0.05, 0.1) is 12.2 Å². The standard InChI is InChI=1S/C15H18N2O4/c1-4-19-12-7-5-6-11(8-18)14(12)20-9-13-16-15(10(2)3)17-21-13/h5-8,10H,4,9H2,1-3H3. The highest BCUT2D eigenvalue weighted by molar-refractivity contribution is 5.81. The van der Waals surface area contributed by atoms with Gasteiger partial charge in [-0.3, -0.25) is 4.79 Å². The topological polar surface area (TPSA) is 74.5 Å². The molecule has 1 heterocycles. The highest BCUT2D eigenvalue weighted by Gasteiger charge is 2.14. The second kappa shape index (κ2) is 6.88. The first-order valence-electron chi connectivity index (χ1n) is 6.82. The molecule has 0 aliphatic heterocycles. The molecule has 0 bridgehead atoms. The molecule has 2 rings (SSSR count). The van der Waals surface area contributed by atoms with Crippen LogP contribution < -0.4 is 9.47 Å². The van der Waals surface area contributed by atoms with Crippen LogP contribution in [0.2, 0.25) is 0 Å². The molecule has 6 heteroatoms. The Morgan fingerprint density at radius 2 is 2.14 bits per heavy atom. The van der Waals surface area contributed by atoms with E-state index in [2.05, 4.69) is 10.1 Å². The molecule has 6 nitrogen and oxygen atoms in total. The van der Waals surface area contributed by atoms with E-state index in [1.54, 1.807) is 18.2 Å². The maximum Gasteiger partial charge on any atom is 0.264 e. The SMILES string of the molecule is CCOc1cccc(C=O)c1OCc1nc(C(C)C)no1. The second-order valence-electron chi connectivity index (χ2n) is 4.72. The summed E-state index contributed by atoms with van der Waals surface area (Å²) in [5.41, 5.74) is 0.421. The maximum absolute atomic E-state index is 11.1. The number of rotatable bonds is 7. The first kappa shape index (κ1) is 15.0. The Kier molecular flexibility index (Phi) is 4.92. The van der Waals surface area contributed by atoms with Gasteiger partial charge < -0.3 is 14.0 Å². The Morgan fingerprint density at radius 3 is 2.76 bits per heavy atom. The van der Waals surface area contributed by atoms with E-state index in [1.165, 1.54) is 0 Å². The van der Waals surface area contributed by atoms with Crippen molar-refractivity contribution >= 4 is 6.29 Å². The van der Waals surface area contributed by atoms with Gasteiger partial charge >= 0.3 is 0 Å². The van der Waals surface area contributed by atoms with Gasteiger partial charge in [0.15, 0.2) is 30.2 Å². The number of carbonyl (C=O) groups excluding carboxylic acids is 1. The molecule has 112 valence electrons. The van der Waals surface area contributed by atoms with Crippen molar-refractivity contribution in [1.29, 1.82) is 0 Å². The van der Waals surface area contributed by atoms with Crippen LogP contribution in [0.4, 0.5) is 0 Å². The van der Waals surface area contributed by atoms with E-state index in [0.29, 0.717) is 35.4 Å². The Labute approximate surface area is 123 Å². The average molecular weight is 290 g/mol. The minimum atomic E-state index is 0.0879. The zero-order valence-electron chi connectivity index (χ0n) is 12.3. The van der Waals surface area contributed by atoms with E-state index < -0.39 is 0 Å². The zero-order valence-corrected chi connectivity index (χ0v) is 12.3. The summed E-state index contributed by atoms with van der Waals surface area (Å²) in [6, 6.07) is 5.16. The van der Waals surface area contributed by atoms with E-state index in [-0.39, 0.29) is 12.5 Å². The quantitative estimate of drug-likeness (QED) is 0.730. The molecule has 1 aromatic carbocycles. The number of hydrogen-bond donors (Lipinski definition) is 0. The molecule has 0 aliphatic rings. The maximum atomic E-state index is 11.1. The summed E-state index contributed by atoms with van der Waals surface area (Å²) in [5.74, 6) is 2.08. The monoisotopic (exact) mass is 290 g/mol. The van der Waals surface area contributed by atoms with Crippen molar-refractivity contribution in [2.24, 2.45) is 0 Å². The Bertz CT molecular complexity index is 607. The highest BCUT2D eigenvalue weighted by atomic mass is 16.5. The predicted octanol–water partition coefficient (Wildman–Crippen LogP) is 2.98. The summed E-state index contributed by atoms with van der Waals surface area (Å²) >= 11 is 0. The molecular formula is C15H18N2O4. The van der Waals surface area contributed by atoms with Crippen LogP contribution in [-0.4, -0.2) is 23.0 Å². The number of hydrogen-bond acceptors (Lipinski definition) is 6. The van der Waals surface area contributed by atoms with Crippen molar-refractivity contribution in [3.8, 4) is 11.5 Å². The molecule has 2 aromatic rings. The van der Waals surface area contributed by atoms with Crippen molar-refractivity contribution in [1.82, 2.24) is 10.1 Å². The molecule has 0 unspecified atom stereocenters. The fourth-order valence-electron chi connectivity index (χ4n) is 1.74. The van der Waals surface area contributed by atoms with Gasteiger partial charge in [0.2, 0.25) is 0 Å². The van der Waals surface area contributed by atoms with E-state index >= 15 is 0 Å². The first-order chi connectivity index (χ1) is 10.2. The number of aldehydes is 1. The third-order valence-corrected chi connectivity index (χ3v) is 2.78. The normalized spacial score (nSPS) is 10.7. The third-order valence-electron chi connectivity index (χ3n) is 2.78. The Morgan fingerprint density at radius 1 is 1.33 bits per heavy atom. The molecule has 1 aromatic heterocycles. The van der Waals surface area contributed by atoms with Crippen molar-refractivity contribution in [2.75, 3.05) is 6.61 Å². The molecule has 0 radical (unpaired) electrons. The summed E-state index contributed by atoms with van der Waals surface area (Å²) in [6.45, 7) is 6.39. The molecule has 0 spiro atoms. The molecule has 0 aliphatic carbocycles. The lowest BCUT2D eigenvalue weighted by molar-refractivity contribution is 0.111. The smallest absolute Gasteiger partial charge is 0.264 e. The van der Waals surface area contributed by atoms with E-state index in [0.717, 1.165) is 6.29 Å². The Balaban J connectivity index is 2.16. The fraction of sp³-hybridized carbons (Fsp3) is 0.400. The molecule has 0 N–H and O–H groups in total. The number of para-hydroxylation sites is 1. The van der Waals surface area contributed by atoms with Crippen LogP contribution in [0.25, 0.3) is 0 Å². The van der Waals surface area contributed by atoms with Crippen LogP contribution in [0.1, 0.15) is 48.8 Å². The van der Waals surface area contributed by atoms with Crippen LogP contribution >= 0.6 is 0 Å². The molecule has 0 amide bonds. The molecule has 0 saturated carbocycles. The zero-order chi connectivity index (χ0) is 15.2. The van der Waals surface area contributed by atoms with E-state index in [9.17, 15) is 4.79 Å². The minimum Gasteiger partial charge on any atom is -0.490 e. The minimum absolute atomic E-state index is 0.0879. The predicted molar refractivity (Wildman–Crippen MR) is 75.7 cm³/mol. The van der Waals surface area contributed by atoms with Crippen LogP contribution in [0.15, 0.2) is 22.7 Å². The van der Waals surface area contributed by atoms with Crippen molar-refractivity contribution < 1.29 is 18.8 Å². The van der Waals surface area contributed by atoms with Crippen LogP contribution in [0.5, 0.6) is 11.5 Å². The van der Waals surface area contributed by atoms with Gasteiger partial charge in [-0.05, 0) is 19.1 Å². The molecule has 0 atom stereocenters. The van der Waals surface area contributed by atoms with Gasteiger partial charge in [-0.2, -0.15) is 4.98 Å². The van der Waals surface area contributed by atoms with Gasteiger partial charge in [-0.1, -0.05) is 25.1 Å². The second-order valence-corrected chi connectivity index (χ2v) is 4.72. The summed E-state index contributed by atoms with van der Waals surface area (Å²) in [6.07, 6.45) is 0.727. The summed E-state index contributed by atoms with van der Waals surface area (Å²) in [5, 5.41) is 3.86. The van der Waals surface area contributed by atoms with E-state index in [1.807, 2.05) is 20.8 Å². The number of carbonyl (C=O) groups is 1. The Hall–Kier alpha value is -2.37. The van der Waals surface area contributed by atoms with Crippen molar-refractivity contribution in [3.05, 3.63) is 35.5 Å². The lowest BCUT2D eigenvalue weighted by Gasteiger charge is -2.12. The number of ether oxygens (including phenoxy) is 2. The van der Waals surface area contributed by atoms with Crippen molar-refractivity contribution in [2.45, 2.75) is 33.3 Å². The third kappa shape index (κ3) is 3.59. The average Bonchev–Trinajstić information content (AvgIpc) is 2.95. The van der Waals surface area contributed by atoms with Gasteiger partial charge in [-0.25, -0.2) is 0 Å². The summed E-state index contributed by atoms with van der Waals surface area (Å²) in [4.78, 5) is 15.3. The lowest BCUT2D eigenvalue weighted by atomic mass is 10.2. The number of nitrogens with zero attached hydrogens (tertiary/aromatic N) is 2. The molecule has 21 heavy (non-hydrogen) atoms. The van der Waals surface area contributed by atoms with Crippen LogP contribution in [0, 0.1) is 0 Å². The van der Waals surface area contributed by atoms with Crippen LogP contribution in [-0.2, 0) is 6.61 Å². The fourth-order valence-corrected chi connectivity index (χ4v) is 1.74. The van der Waals surface area contributed by atoms with E-state index in [4.69, 9.17) is 14.0 Å². The van der Waals surface area contributed by atoms with Gasteiger partial charge in [0, 0.05) is 5.92 Å². The largest absolute Gasteiger partial charge is 0.490 e.